The fraction of sp³-hybridized carbons (Fsp3) is 0.367. The van der Waals surface area contributed by atoms with Crippen LogP contribution in [0.4, 0.5) is 4.39 Å². The van der Waals surface area contributed by atoms with E-state index in [1.165, 1.54) is 12.1 Å². The topological polar surface area (TPSA) is 87.2 Å². The molecule has 0 radical (unpaired) electrons. The maximum absolute atomic E-state index is 13.5. The Labute approximate surface area is 236 Å². The third kappa shape index (κ3) is 5.55. The monoisotopic (exact) mass is 564 g/mol. The van der Waals surface area contributed by atoms with E-state index in [1.807, 2.05) is 41.3 Å². The van der Waals surface area contributed by atoms with Crippen molar-refractivity contribution in [3.05, 3.63) is 108 Å². The number of nitrogens with one attached hydrogen (secondary N) is 1. The summed E-state index contributed by atoms with van der Waals surface area (Å²) in [5, 5.41) is 3.04. The van der Waals surface area contributed by atoms with Crippen LogP contribution >= 0.6 is 0 Å². The molecular formula is C30H33FN4O4S. The molecule has 0 bridgehead atoms. The van der Waals surface area contributed by atoms with Gasteiger partial charge in [0.15, 0.2) is 16.8 Å². The number of hydrogen-bond acceptors (Lipinski definition) is 7. The minimum absolute atomic E-state index is 0.0755. The van der Waals surface area contributed by atoms with Crippen LogP contribution in [0.5, 0.6) is 0 Å². The van der Waals surface area contributed by atoms with E-state index in [0.717, 1.165) is 29.8 Å². The molecule has 4 heterocycles. The largest absolute Gasteiger partial charge is 0.362 e. The third-order valence-electron chi connectivity index (χ3n) is 8.04. The number of likely N-dealkylation sites (tertiary alicyclic amines) is 1. The molecule has 0 amide bonds. The number of aromatic nitrogens is 1. The number of piperidine rings is 1. The van der Waals surface area contributed by atoms with Gasteiger partial charge in [0.05, 0.1) is 18.0 Å². The number of pyridine rings is 1. The van der Waals surface area contributed by atoms with Crippen molar-refractivity contribution < 1.29 is 22.6 Å². The lowest BCUT2D eigenvalue weighted by atomic mass is 9.91. The van der Waals surface area contributed by atoms with E-state index in [0.29, 0.717) is 31.7 Å². The minimum Gasteiger partial charge on any atom is -0.362 e. The van der Waals surface area contributed by atoms with Gasteiger partial charge in [-0.1, -0.05) is 48.5 Å². The predicted octanol–water partition coefficient (Wildman–Crippen LogP) is 4.33. The van der Waals surface area contributed by atoms with Gasteiger partial charge in [0.1, 0.15) is 24.1 Å². The highest BCUT2D eigenvalue weighted by molar-refractivity contribution is 7.79. The van der Waals surface area contributed by atoms with E-state index < -0.39 is 22.2 Å². The van der Waals surface area contributed by atoms with Gasteiger partial charge in [-0.05, 0) is 48.2 Å². The first-order chi connectivity index (χ1) is 19.5. The molecule has 6 rings (SSSR count). The van der Waals surface area contributed by atoms with Crippen LogP contribution in [0, 0.1) is 11.7 Å². The fourth-order valence-corrected chi connectivity index (χ4v) is 6.92. The number of hydrogen-bond donors (Lipinski definition) is 2. The van der Waals surface area contributed by atoms with Crippen molar-refractivity contribution in [1.82, 2.24) is 20.1 Å². The van der Waals surface area contributed by atoms with Crippen LogP contribution in [0.3, 0.4) is 0 Å². The summed E-state index contributed by atoms with van der Waals surface area (Å²) in [4.78, 5) is 8.88. The summed E-state index contributed by atoms with van der Waals surface area (Å²) in [6.45, 7) is 1.92. The average Bonchev–Trinajstić information content (AvgIpc) is 3.64. The Hall–Kier alpha value is -3.15. The van der Waals surface area contributed by atoms with Crippen molar-refractivity contribution in [3.8, 4) is 0 Å². The van der Waals surface area contributed by atoms with Gasteiger partial charge in [-0.2, -0.15) is 0 Å². The van der Waals surface area contributed by atoms with Gasteiger partial charge in [-0.15, -0.1) is 0 Å². The molecule has 4 unspecified atom stereocenters. The molecule has 2 saturated heterocycles. The number of nitrogens with zero attached hydrogens (tertiary/aromatic N) is 3. The number of halogens is 1. The van der Waals surface area contributed by atoms with Gasteiger partial charge in [0, 0.05) is 37.8 Å². The van der Waals surface area contributed by atoms with Crippen molar-refractivity contribution >= 4 is 16.8 Å². The quantitative estimate of drug-likeness (QED) is 0.391. The molecule has 210 valence electrons. The van der Waals surface area contributed by atoms with Crippen molar-refractivity contribution in [3.63, 3.8) is 0 Å². The van der Waals surface area contributed by atoms with Gasteiger partial charge >= 0.3 is 0 Å². The first kappa shape index (κ1) is 27.0. The highest BCUT2D eigenvalue weighted by Crippen LogP contribution is 2.39. The van der Waals surface area contributed by atoms with E-state index in [4.69, 9.17) is 9.47 Å². The summed E-state index contributed by atoms with van der Waals surface area (Å²) in [6.07, 6.45) is 6.08. The van der Waals surface area contributed by atoms with Crippen LogP contribution in [0.25, 0.3) is 5.70 Å². The smallest absolute Gasteiger partial charge is 0.175 e. The van der Waals surface area contributed by atoms with Crippen LogP contribution in [0.1, 0.15) is 35.0 Å². The van der Waals surface area contributed by atoms with Crippen LogP contribution in [-0.2, 0) is 27.0 Å². The van der Waals surface area contributed by atoms with Crippen LogP contribution < -0.4 is 5.32 Å². The van der Waals surface area contributed by atoms with Gasteiger partial charge in [-0.3, -0.25) is 9.88 Å². The van der Waals surface area contributed by atoms with Gasteiger partial charge < -0.3 is 24.2 Å². The molecule has 0 spiro atoms. The first-order valence-electron chi connectivity index (χ1n) is 13.6. The standard InChI is InChI=1S/C30H33FN4O4S/c31-25-11-9-24(10-12-25)29(40(36)37)34-16-13-23(14-17-34)28-33-27(26-8-4-5-15-32-26)19-35(28)30(20-38-21-39-30)18-22-6-2-1-3-7-22/h1-12,15,19,23,28-29,33H,13-14,16-18,20-21H2,(H,36,37). The maximum Gasteiger partial charge on any atom is 0.175 e. The Morgan fingerprint density at radius 2 is 1.82 bits per heavy atom. The maximum atomic E-state index is 13.5. The Balaban J connectivity index is 1.25. The molecule has 0 saturated carbocycles. The molecule has 3 aliphatic heterocycles. The molecule has 8 nitrogen and oxygen atoms in total. The summed E-state index contributed by atoms with van der Waals surface area (Å²) in [5.74, 6) is -0.136. The second-order valence-electron chi connectivity index (χ2n) is 10.5. The normalized spacial score (nSPS) is 25.4. The Kier molecular flexibility index (Phi) is 7.95. The molecule has 3 aromatic rings. The molecule has 3 aliphatic rings. The lowest BCUT2D eigenvalue weighted by molar-refractivity contribution is -0.120. The number of benzene rings is 2. The zero-order valence-electron chi connectivity index (χ0n) is 22.1. The van der Waals surface area contributed by atoms with Crippen molar-refractivity contribution in [2.24, 2.45) is 5.92 Å². The third-order valence-corrected chi connectivity index (χ3v) is 9.00. The first-order valence-corrected chi connectivity index (χ1v) is 14.7. The lowest BCUT2D eigenvalue weighted by Gasteiger charge is -2.45. The molecule has 40 heavy (non-hydrogen) atoms. The molecule has 10 heteroatoms. The number of rotatable bonds is 8. The summed E-state index contributed by atoms with van der Waals surface area (Å²) in [5.41, 5.74) is 2.90. The zero-order chi connectivity index (χ0) is 27.5. The summed E-state index contributed by atoms with van der Waals surface area (Å²) in [6, 6.07) is 22.0. The van der Waals surface area contributed by atoms with Crippen molar-refractivity contribution in [1.29, 1.82) is 0 Å². The Morgan fingerprint density at radius 3 is 2.48 bits per heavy atom. The molecule has 2 N–H and O–H groups in total. The highest BCUT2D eigenvalue weighted by atomic mass is 32.2. The molecular weight excluding hydrogens is 531 g/mol. The SMILES string of the molecule is O=S(O)C(c1ccc(F)cc1)N1CCC(C2NC(c3ccccn3)=CN2C2(Cc3ccccc3)COCO2)CC1. The Morgan fingerprint density at radius 1 is 1.07 bits per heavy atom. The second-order valence-corrected chi connectivity index (χ2v) is 11.5. The van der Waals surface area contributed by atoms with Gasteiger partial charge in [0.25, 0.3) is 0 Å². The van der Waals surface area contributed by atoms with Crippen LogP contribution in [-0.4, -0.2) is 61.9 Å². The molecule has 4 atom stereocenters. The molecule has 1 aromatic heterocycles. The highest BCUT2D eigenvalue weighted by Gasteiger charge is 2.49. The molecule has 0 aliphatic carbocycles. The summed E-state index contributed by atoms with van der Waals surface area (Å²) >= 11 is -2.12. The van der Waals surface area contributed by atoms with Crippen molar-refractivity contribution in [2.75, 3.05) is 26.5 Å². The summed E-state index contributed by atoms with van der Waals surface area (Å²) < 4.78 is 48.2. The Bertz CT molecular complexity index is 1330. The van der Waals surface area contributed by atoms with E-state index in [-0.39, 0.29) is 24.7 Å². The van der Waals surface area contributed by atoms with Crippen LogP contribution in [0.15, 0.2) is 85.2 Å². The molecule has 2 aromatic carbocycles. The second kappa shape index (κ2) is 11.8. The predicted molar refractivity (Wildman–Crippen MR) is 150 cm³/mol. The van der Waals surface area contributed by atoms with Crippen LogP contribution in [0.2, 0.25) is 0 Å². The van der Waals surface area contributed by atoms with E-state index in [9.17, 15) is 13.2 Å². The molecule has 2 fully saturated rings. The van der Waals surface area contributed by atoms with E-state index in [2.05, 4.69) is 33.5 Å². The minimum atomic E-state index is -2.12. The zero-order valence-corrected chi connectivity index (χ0v) is 22.9. The fourth-order valence-electron chi connectivity index (χ4n) is 6.07. The van der Waals surface area contributed by atoms with E-state index in [1.54, 1.807) is 18.3 Å². The van der Waals surface area contributed by atoms with Crippen molar-refractivity contribution in [2.45, 2.75) is 36.5 Å². The van der Waals surface area contributed by atoms with E-state index >= 15 is 0 Å². The lowest BCUT2D eigenvalue weighted by Crippen LogP contribution is -2.58. The van der Waals surface area contributed by atoms with Gasteiger partial charge in [-0.25, -0.2) is 8.60 Å². The average molecular weight is 565 g/mol. The van der Waals surface area contributed by atoms with Gasteiger partial charge in [0.2, 0.25) is 0 Å². The summed E-state index contributed by atoms with van der Waals surface area (Å²) in [7, 11) is 0. The number of ether oxygens (including phenoxy) is 2.